The summed E-state index contributed by atoms with van der Waals surface area (Å²) in [5.41, 5.74) is 1.74. The Balaban J connectivity index is 1.31. The highest BCUT2D eigenvalue weighted by Crippen LogP contribution is 2.33. The van der Waals surface area contributed by atoms with Gasteiger partial charge in [-0.05, 0) is 18.4 Å². The summed E-state index contributed by atoms with van der Waals surface area (Å²) in [6.45, 7) is 1.20. The lowest BCUT2D eigenvalue weighted by molar-refractivity contribution is -0.119. The highest BCUT2D eigenvalue weighted by Gasteiger charge is 2.39. The molecule has 0 atom stereocenters. The van der Waals surface area contributed by atoms with E-state index < -0.39 is 5.92 Å². The van der Waals surface area contributed by atoms with Crippen molar-refractivity contribution in [3.63, 3.8) is 0 Å². The summed E-state index contributed by atoms with van der Waals surface area (Å²) in [5.74, 6) is -1.58. The van der Waals surface area contributed by atoms with E-state index in [1.54, 1.807) is 32.9 Å². The van der Waals surface area contributed by atoms with Gasteiger partial charge in [0.2, 0.25) is 5.91 Å². The van der Waals surface area contributed by atoms with Crippen molar-refractivity contribution >= 4 is 17.2 Å². The standard InChI is InChI=1S/C23H25F2N5O2/c24-23(25)8-9-28(16-23)10-11-29(22(31)18-6-7-18)21-14-30-19(12-26-21)20(13-27-30)32-15-17-4-2-1-3-5-17/h1-5,12-14,18H,6-11,15-16H2. The van der Waals surface area contributed by atoms with Crippen molar-refractivity contribution in [3.8, 4) is 5.75 Å². The first-order valence-electron chi connectivity index (χ1n) is 10.9. The van der Waals surface area contributed by atoms with E-state index in [9.17, 15) is 13.6 Å². The highest BCUT2D eigenvalue weighted by molar-refractivity contribution is 5.95. The van der Waals surface area contributed by atoms with Crippen molar-refractivity contribution in [3.05, 3.63) is 54.5 Å². The average molecular weight is 441 g/mol. The lowest BCUT2D eigenvalue weighted by Crippen LogP contribution is -2.40. The molecular weight excluding hydrogens is 416 g/mol. The molecule has 9 heteroatoms. The number of hydrogen-bond donors (Lipinski definition) is 0. The fraction of sp³-hybridized carbons (Fsp3) is 0.435. The van der Waals surface area contributed by atoms with Crippen molar-refractivity contribution in [2.24, 2.45) is 5.92 Å². The van der Waals surface area contributed by atoms with Gasteiger partial charge < -0.3 is 4.74 Å². The van der Waals surface area contributed by atoms with Gasteiger partial charge in [-0.1, -0.05) is 30.3 Å². The number of likely N-dealkylation sites (tertiary alicyclic amines) is 1. The minimum atomic E-state index is -2.65. The molecule has 0 bridgehead atoms. The molecule has 2 aliphatic rings. The van der Waals surface area contributed by atoms with Crippen molar-refractivity contribution in [1.29, 1.82) is 0 Å². The number of halogens is 2. The zero-order valence-electron chi connectivity index (χ0n) is 17.7. The summed E-state index contributed by atoms with van der Waals surface area (Å²) in [7, 11) is 0. The average Bonchev–Trinajstić information content (AvgIpc) is 3.48. The number of carbonyl (C=O) groups is 1. The number of amides is 1. The molecule has 1 amide bonds. The van der Waals surface area contributed by atoms with E-state index in [0.717, 1.165) is 18.4 Å². The molecule has 0 radical (unpaired) electrons. The fourth-order valence-electron chi connectivity index (χ4n) is 3.96. The predicted octanol–water partition coefficient (Wildman–Crippen LogP) is 3.39. The van der Waals surface area contributed by atoms with Gasteiger partial charge in [0.05, 0.1) is 25.1 Å². The molecule has 0 spiro atoms. The topological polar surface area (TPSA) is 63.0 Å². The summed E-state index contributed by atoms with van der Waals surface area (Å²) >= 11 is 0. The number of rotatable bonds is 8. The second-order valence-electron chi connectivity index (χ2n) is 8.50. The Morgan fingerprint density at radius 1 is 1.22 bits per heavy atom. The number of fused-ring (bicyclic) bond motifs is 1. The van der Waals surface area contributed by atoms with Crippen LogP contribution in [0.1, 0.15) is 24.8 Å². The Morgan fingerprint density at radius 3 is 2.75 bits per heavy atom. The number of ether oxygens (including phenoxy) is 1. The molecule has 1 saturated carbocycles. The minimum Gasteiger partial charge on any atom is -0.485 e. The van der Waals surface area contributed by atoms with Gasteiger partial charge in [-0.3, -0.25) is 14.6 Å². The molecule has 1 aromatic carbocycles. The third-order valence-corrected chi connectivity index (χ3v) is 5.95. The summed E-state index contributed by atoms with van der Waals surface area (Å²) in [5, 5.41) is 4.35. The van der Waals surface area contributed by atoms with Crippen molar-refractivity contribution in [2.75, 3.05) is 31.1 Å². The van der Waals surface area contributed by atoms with E-state index in [1.807, 2.05) is 30.3 Å². The van der Waals surface area contributed by atoms with E-state index in [2.05, 4.69) is 10.1 Å². The molecular formula is C23H25F2N5O2. The highest BCUT2D eigenvalue weighted by atomic mass is 19.3. The fourth-order valence-corrected chi connectivity index (χ4v) is 3.96. The van der Waals surface area contributed by atoms with Crippen LogP contribution in [0.3, 0.4) is 0 Å². The molecule has 2 aromatic heterocycles. The van der Waals surface area contributed by atoms with Crippen molar-refractivity contribution in [2.45, 2.75) is 31.8 Å². The lowest BCUT2D eigenvalue weighted by Gasteiger charge is -2.25. The molecule has 5 rings (SSSR count). The van der Waals surface area contributed by atoms with Gasteiger partial charge in [-0.25, -0.2) is 18.3 Å². The number of carbonyl (C=O) groups excluding carboxylic acids is 1. The molecule has 7 nitrogen and oxygen atoms in total. The van der Waals surface area contributed by atoms with Crippen LogP contribution in [0.25, 0.3) is 5.52 Å². The molecule has 3 heterocycles. The second kappa shape index (κ2) is 8.46. The number of hydrogen-bond acceptors (Lipinski definition) is 5. The van der Waals surface area contributed by atoms with E-state index >= 15 is 0 Å². The SMILES string of the molecule is O=C(C1CC1)N(CCN1CCC(F)(F)C1)c1cn2ncc(OCc3ccccc3)c2cn1. The van der Waals surface area contributed by atoms with Crippen LogP contribution in [-0.4, -0.2) is 57.5 Å². The van der Waals surface area contributed by atoms with Crippen LogP contribution >= 0.6 is 0 Å². The molecule has 3 aromatic rings. The zero-order chi connectivity index (χ0) is 22.1. The van der Waals surface area contributed by atoms with Gasteiger partial charge in [-0.15, -0.1) is 0 Å². The number of alkyl halides is 2. The van der Waals surface area contributed by atoms with Crippen molar-refractivity contribution in [1.82, 2.24) is 19.5 Å². The van der Waals surface area contributed by atoms with E-state index in [4.69, 9.17) is 4.74 Å². The minimum absolute atomic E-state index is 0.00415. The molecule has 0 unspecified atom stereocenters. The Labute approximate surface area is 184 Å². The molecule has 32 heavy (non-hydrogen) atoms. The van der Waals surface area contributed by atoms with Crippen LogP contribution in [0.2, 0.25) is 0 Å². The first-order chi connectivity index (χ1) is 15.5. The summed E-state index contributed by atoms with van der Waals surface area (Å²) in [6, 6.07) is 9.84. The Hall–Kier alpha value is -3.07. The normalized spacial score (nSPS) is 18.2. The van der Waals surface area contributed by atoms with E-state index in [1.165, 1.54) is 0 Å². The van der Waals surface area contributed by atoms with Crippen LogP contribution in [-0.2, 0) is 11.4 Å². The largest absolute Gasteiger partial charge is 0.485 e. The molecule has 1 aliphatic heterocycles. The first kappa shape index (κ1) is 20.8. The van der Waals surface area contributed by atoms with Crippen LogP contribution in [0, 0.1) is 5.92 Å². The van der Waals surface area contributed by atoms with Gasteiger partial charge in [0.1, 0.15) is 12.1 Å². The smallest absolute Gasteiger partial charge is 0.261 e. The predicted molar refractivity (Wildman–Crippen MR) is 115 cm³/mol. The molecule has 0 N–H and O–H groups in total. The van der Waals surface area contributed by atoms with Crippen LogP contribution in [0.15, 0.2) is 48.9 Å². The van der Waals surface area contributed by atoms with Crippen LogP contribution < -0.4 is 9.64 Å². The Morgan fingerprint density at radius 2 is 2.03 bits per heavy atom. The maximum absolute atomic E-state index is 13.5. The number of benzene rings is 1. The van der Waals surface area contributed by atoms with Gasteiger partial charge in [0.15, 0.2) is 11.6 Å². The third-order valence-electron chi connectivity index (χ3n) is 5.95. The zero-order valence-corrected chi connectivity index (χ0v) is 17.7. The number of anilines is 1. The molecule has 168 valence electrons. The maximum Gasteiger partial charge on any atom is 0.261 e. The number of nitrogens with zero attached hydrogens (tertiary/aromatic N) is 5. The van der Waals surface area contributed by atoms with Gasteiger partial charge >= 0.3 is 0 Å². The monoisotopic (exact) mass is 441 g/mol. The first-order valence-corrected chi connectivity index (χ1v) is 10.9. The van der Waals surface area contributed by atoms with Gasteiger partial charge in [0.25, 0.3) is 5.92 Å². The Kier molecular flexibility index (Phi) is 5.50. The summed E-state index contributed by atoms with van der Waals surface area (Å²) < 4.78 is 34.6. The van der Waals surface area contributed by atoms with Gasteiger partial charge in [-0.2, -0.15) is 5.10 Å². The summed E-state index contributed by atoms with van der Waals surface area (Å²) in [4.78, 5) is 20.7. The quantitative estimate of drug-likeness (QED) is 0.536. The molecule has 2 fully saturated rings. The number of aromatic nitrogens is 3. The van der Waals surface area contributed by atoms with Gasteiger partial charge in [0, 0.05) is 32.0 Å². The van der Waals surface area contributed by atoms with Crippen molar-refractivity contribution < 1.29 is 18.3 Å². The molecule has 1 saturated heterocycles. The molecule has 1 aliphatic carbocycles. The summed E-state index contributed by atoms with van der Waals surface area (Å²) in [6.07, 6.45) is 6.55. The lowest BCUT2D eigenvalue weighted by atomic mass is 10.2. The van der Waals surface area contributed by atoms with E-state index in [-0.39, 0.29) is 24.8 Å². The third kappa shape index (κ3) is 4.57. The van der Waals surface area contributed by atoms with E-state index in [0.29, 0.717) is 43.3 Å². The maximum atomic E-state index is 13.5. The Bertz CT molecular complexity index is 1100. The van der Waals surface area contributed by atoms with Crippen LogP contribution in [0.5, 0.6) is 5.75 Å². The second-order valence-corrected chi connectivity index (χ2v) is 8.50. The van der Waals surface area contributed by atoms with Crippen LogP contribution in [0.4, 0.5) is 14.6 Å².